The standard InChI is InChI=1S/C10H14N4O/c1-2-3-4-14-7-13-10-9(14)8(15)5-11-6-12-10/h6-7H,2-5H2,1H3,(H,11,12). The maximum Gasteiger partial charge on any atom is 0.204 e. The third-order valence-corrected chi connectivity index (χ3v) is 2.38. The number of carbonyl (C=O) groups is 1. The first-order valence-electron chi connectivity index (χ1n) is 5.16. The highest BCUT2D eigenvalue weighted by molar-refractivity contribution is 6.04. The molecule has 0 spiro atoms. The van der Waals surface area contributed by atoms with Gasteiger partial charge in [-0.3, -0.25) is 9.79 Å². The molecule has 2 heterocycles. The van der Waals surface area contributed by atoms with E-state index < -0.39 is 0 Å². The van der Waals surface area contributed by atoms with Crippen LogP contribution in [0.2, 0.25) is 0 Å². The molecule has 80 valence electrons. The summed E-state index contributed by atoms with van der Waals surface area (Å²) < 4.78 is 1.91. The SMILES string of the molecule is CCCCn1cnc2c1C(=O)CN=CN2. The number of hydrogen-bond acceptors (Lipinski definition) is 4. The fourth-order valence-corrected chi connectivity index (χ4v) is 1.59. The van der Waals surface area contributed by atoms with Crippen molar-refractivity contribution in [3.63, 3.8) is 0 Å². The van der Waals surface area contributed by atoms with Crippen molar-refractivity contribution in [3.05, 3.63) is 12.0 Å². The Labute approximate surface area is 88.2 Å². The van der Waals surface area contributed by atoms with Crippen molar-refractivity contribution in [1.29, 1.82) is 0 Å². The quantitative estimate of drug-likeness (QED) is 0.811. The first kappa shape index (κ1) is 9.89. The molecule has 0 aromatic carbocycles. The second kappa shape index (κ2) is 4.25. The molecule has 2 rings (SSSR count). The van der Waals surface area contributed by atoms with Crippen molar-refractivity contribution in [3.8, 4) is 0 Å². The molecule has 0 unspecified atom stereocenters. The summed E-state index contributed by atoms with van der Waals surface area (Å²) >= 11 is 0. The van der Waals surface area contributed by atoms with Crippen LogP contribution < -0.4 is 5.32 Å². The fourth-order valence-electron chi connectivity index (χ4n) is 1.59. The van der Waals surface area contributed by atoms with E-state index in [0.717, 1.165) is 19.4 Å². The lowest BCUT2D eigenvalue weighted by Crippen LogP contribution is -2.11. The van der Waals surface area contributed by atoms with Crippen LogP contribution >= 0.6 is 0 Å². The molecular weight excluding hydrogens is 192 g/mol. The molecule has 0 radical (unpaired) electrons. The highest BCUT2D eigenvalue weighted by Gasteiger charge is 2.19. The molecule has 5 nitrogen and oxygen atoms in total. The van der Waals surface area contributed by atoms with E-state index >= 15 is 0 Å². The van der Waals surface area contributed by atoms with Crippen LogP contribution in [0.4, 0.5) is 5.82 Å². The first-order valence-corrected chi connectivity index (χ1v) is 5.16. The molecule has 1 aliphatic rings. The number of unbranched alkanes of at least 4 members (excludes halogenated alkanes) is 1. The van der Waals surface area contributed by atoms with Gasteiger partial charge in [-0.1, -0.05) is 13.3 Å². The molecular formula is C10H14N4O. The number of anilines is 1. The summed E-state index contributed by atoms with van der Waals surface area (Å²) in [5.41, 5.74) is 0.654. The van der Waals surface area contributed by atoms with Crippen LogP contribution in [-0.2, 0) is 6.54 Å². The Bertz CT molecular complexity index is 394. The maximum atomic E-state index is 11.7. The molecule has 1 aromatic rings. The molecule has 0 atom stereocenters. The van der Waals surface area contributed by atoms with Gasteiger partial charge in [-0.15, -0.1) is 0 Å². The number of aliphatic imine (C=N–C) groups is 1. The lowest BCUT2D eigenvalue weighted by atomic mass is 10.2. The summed E-state index contributed by atoms with van der Waals surface area (Å²) in [5.74, 6) is 0.650. The number of aromatic nitrogens is 2. The smallest absolute Gasteiger partial charge is 0.204 e. The van der Waals surface area contributed by atoms with Crippen LogP contribution in [0.25, 0.3) is 0 Å². The minimum atomic E-state index is 0.0276. The number of imidazole rings is 1. The molecule has 0 saturated carbocycles. The van der Waals surface area contributed by atoms with Crippen LogP contribution in [0.1, 0.15) is 30.3 Å². The maximum absolute atomic E-state index is 11.7. The summed E-state index contributed by atoms with van der Waals surface area (Å²) in [6.45, 7) is 3.17. The van der Waals surface area contributed by atoms with Gasteiger partial charge in [0.1, 0.15) is 12.2 Å². The van der Waals surface area contributed by atoms with Gasteiger partial charge in [-0.2, -0.15) is 0 Å². The van der Waals surface area contributed by atoms with E-state index in [9.17, 15) is 4.79 Å². The fraction of sp³-hybridized carbons (Fsp3) is 0.500. The van der Waals surface area contributed by atoms with Gasteiger partial charge in [0.05, 0.1) is 12.7 Å². The predicted molar refractivity (Wildman–Crippen MR) is 58.4 cm³/mol. The third kappa shape index (κ3) is 1.91. The van der Waals surface area contributed by atoms with E-state index in [4.69, 9.17) is 0 Å². The molecule has 15 heavy (non-hydrogen) atoms. The Hall–Kier alpha value is -1.65. The molecule has 5 heteroatoms. The minimum absolute atomic E-state index is 0.0276. The average molecular weight is 206 g/mol. The number of nitrogens with one attached hydrogen (secondary N) is 1. The number of Topliss-reactive ketones (excluding diaryl/α,β-unsaturated/α-hetero) is 1. The van der Waals surface area contributed by atoms with Gasteiger partial charge in [0.15, 0.2) is 5.82 Å². The van der Waals surface area contributed by atoms with E-state index in [-0.39, 0.29) is 12.3 Å². The molecule has 1 N–H and O–H groups in total. The lowest BCUT2D eigenvalue weighted by Gasteiger charge is -2.05. The number of ketones is 1. The second-order valence-electron chi connectivity index (χ2n) is 3.53. The molecule has 0 fully saturated rings. The van der Waals surface area contributed by atoms with E-state index in [1.807, 2.05) is 4.57 Å². The summed E-state index contributed by atoms with van der Waals surface area (Å²) in [5, 5.41) is 2.91. The van der Waals surface area contributed by atoms with Crippen LogP contribution in [0, 0.1) is 0 Å². The Morgan fingerprint density at radius 3 is 3.27 bits per heavy atom. The lowest BCUT2D eigenvalue weighted by molar-refractivity contribution is 0.0994. The Balaban J connectivity index is 2.28. The first-order chi connectivity index (χ1) is 7.33. The monoisotopic (exact) mass is 206 g/mol. The van der Waals surface area contributed by atoms with Crippen LogP contribution in [0.3, 0.4) is 0 Å². The number of fused-ring (bicyclic) bond motifs is 1. The molecule has 0 aliphatic carbocycles. The van der Waals surface area contributed by atoms with Crippen LogP contribution in [0.5, 0.6) is 0 Å². The highest BCUT2D eigenvalue weighted by atomic mass is 16.1. The van der Waals surface area contributed by atoms with Gasteiger partial charge in [0.25, 0.3) is 0 Å². The van der Waals surface area contributed by atoms with Gasteiger partial charge in [-0.25, -0.2) is 4.98 Å². The van der Waals surface area contributed by atoms with Crippen molar-refractivity contribution in [1.82, 2.24) is 9.55 Å². The van der Waals surface area contributed by atoms with Crippen molar-refractivity contribution in [2.24, 2.45) is 4.99 Å². The van der Waals surface area contributed by atoms with E-state index in [1.54, 1.807) is 6.33 Å². The van der Waals surface area contributed by atoms with Crippen LogP contribution in [0.15, 0.2) is 11.3 Å². The number of hydrogen-bond donors (Lipinski definition) is 1. The summed E-state index contributed by atoms with van der Waals surface area (Å²) in [7, 11) is 0. The number of carbonyl (C=O) groups excluding carboxylic acids is 1. The van der Waals surface area contributed by atoms with E-state index in [1.165, 1.54) is 6.34 Å². The zero-order valence-electron chi connectivity index (χ0n) is 8.73. The van der Waals surface area contributed by atoms with Crippen LogP contribution in [-0.4, -0.2) is 28.2 Å². The topological polar surface area (TPSA) is 59.3 Å². The zero-order valence-corrected chi connectivity index (χ0v) is 8.73. The molecule has 1 aliphatic heterocycles. The second-order valence-corrected chi connectivity index (χ2v) is 3.53. The average Bonchev–Trinajstić information content (AvgIpc) is 2.55. The Morgan fingerprint density at radius 1 is 1.60 bits per heavy atom. The normalized spacial score (nSPS) is 14.6. The van der Waals surface area contributed by atoms with Crippen molar-refractivity contribution in [2.45, 2.75) is 26.3 Å². The molecule has 1 aromatic heterocycles. The van der Waals surface area contributed by atoms with Crippen molar-refractivity contribution < 1.29 is 4.79 Å². The van der Waals surface area contributed by atoms with Gasteiger partial charge >= 0.3 is 0 Å². The molecule has 0 saturated heterocycles. The van der Waals surface area contributed by atoms with Crippen molar-refractivity contribution >= 4 is 17.9 Å². The largest absolute Gasteiger partial charge is 0.330 e. The molecule has 0 amide bonds. The van der Waals surface area contributed by atoms with Crippen molar-refractivity contribution in [2.75, 3.05) is 11.9 Å². The number of aryl methyl sites for hydroxylation is 1. The number of rotatable bonds is 3. The summed E-state index contributed by atoms with van der Waals surface area (Å²) in [4.78, 5) is 19.8. The van der Waals surface area contributed by atoms with E-state index in [2.05, 4.69) is 22.2 Å². The third-order valence-electron chi connectivity index (χ3n) is 2.38. The zero-order chi connectivity index (χ0) is 10.7. The predicted octanol–water partition coefficient (Wildman–Crippen LogP) is 1.32. The van der Waals surface area contributed by atoms with Gasteiger partial charge < -0.3 is 9.88 Å². The Kier molecular flexibility index (Phi) is 2.80. The summed E-state index contributed by atoms with van der Waals surface area (Å²) in [6, 6.07) is 0. The Morgan fingerprint density at radius 2 is 2.47 bits per heavy atom. The number of nitrogens with zero attached hydrogens (tertiary/aromatic N) is 3. The van der Waals surface area contributed by atoms with Gasteiger partial charge in [-0.05, 0) is 6.42 Å². The highest BCUT2D eigenvalue weighted by Crippen LogP contribution is 2.16. The minimum Gasteiger partial charge on any atom is -0.330 e. The van der Waals surface area contributed by atoms with Gasteiger partial charge in [0.2, 0.25) is 5.78 Å². The van der Waals surface area contributed by atoms with E-state index in [0.29, 0.717) is 11.5 Å². The van der Waals surface area contributed by atoms with Gasteiger partial charge in [0, 0.05) is 6.54 Å². The molecule has 0 bridgehead atoms. The summed E-state index contributed by atoms with van der Waals surface area (Å²) in [6.07, 6.45) is 5.40.